The zero-order valence-electron chi connectivity index (χ0n) is 38.5. The summed E-state index contributed by atoms with van der Waals surface area (Å²) in [6.45, 7) is 14.3. The maximum absolute atomic E-state index is 17.0. The summed E-state index contributed by atoms with van der Waals surface area (Å²) < 4.78 is 42.6. The number of aliphatic hydroxyl groups is 2. The molecule has 1 unspecified atom stereocenters. The number of likely N-dealkylation sites (N-methyl/N-ethyl adjacent to an activating group) is 1. The number of aliphatic imine (C=N–C) groups is 1. The number of rotatable bonds is 9. The van der Waals surface area contributed by atoms with E-state index < -0.39 is 82.9 Å². The summed E-state index contributed by atoms with van der Waals surface area (Å²) >= 11 is 1.41. The van der Waals surface area contributed by atoms with Gasteiger partial charge in [0, 0.05) is 47.2 Å². The highest BCUT2D eigenvalue weighted by atomic mass is 32.1. The van der Waals surface area contributed by atoms with Crippen LogP contribution in [0.2, 0.25) is 0 Å². The number of amides is 1. The summed E-state index contributed by atoms with van der Waals surface area (Å²) in [5.74, 6) is -5.90. The Bertz CT molecular complexity index is 1980. The second kappa shape index (κ2) is 20.6. The summed E-state index contributed by atoms with van der Waals surface area (Å²) in [7, 11) is 3.66. The molecule has 5 rings (SSSR count). The van der Waals surface area contributed by atoms with Crippen molar-refractivity contribution in [2.24, 2.45) is 33.8 Å². The predicted octanol–water partition coefficient (Wildman–Crippen LogP) is 5.72. The minimum Gasteiger partial charge on any atom is -0.457 e. The maximum atomic E-state index is 17.0. The van der Waals surface area contributed by atoms with Crippen molar-refractivity contribution in [3.63, 3.8) is 0 Å². The lowest BCUT2D eigenvalue weighted by Gasteiger charge is -2.48. The third-order valence-electron chi connectivity index (χ3n) is 13.1. The van der Waals surface area contributed by atoms with Crippen molar-refractivity contribution in [1.82, 2.24) is 14.9 Å². The van der Waals surface area contributed by atoms with Gasteiger partial charge in [-0.25, -0.2) is 19.2 Å². The Kier molecular flexibility index (Phi) is 16.4. The molecule has 5 heterocycles. The first kappa shape index (κ1) is 50.2. The number of hydrogen-bond donors (Lipinski definition) is 3. The van der Waals surface area contributed by atoms with E-state index in [0.717, 1.165) is 17.5 Å². The van der Waals surface area contributed by atoms with Crippen LogP contribution in [0.4, 0.5) is 10.2 Å². The number of nitrogens with two attached hydrogens (primary N) is 1. The van der Waals surface area contributed by atoms with E-state index in [1.165, 1.54) is 25.2 Å². The molecule has 3 aliphatic heterocycles. The number of carbonyl (C=O) groups excluding carboxylic acids is 3. The number of ketones is 1. The number of thiazole rings is 1. The van der Waals surface area contributed by atoms with Crippen LogP contribution in [0.3, 0.4) is 0 Å². The van der Waals surface area contributed by atoms with Gasteiger partial charge in [0.25, 0.3) is 5.67 Å². The van der Waals surface area contributed by atoms with Gasteiger partial charge in [0.15, 0.2) is 18.7 Å². The van der Waals surface area contributed by atoms with Gasteiger partial charge in [-0.05, 0) is 97.9 Å². The van der Waals surface area contributed by atoms with Crippen LogP contribution >= 0.6 is 11.3 Å². The molecule has 3 aliphatic rings. The Hall–Kier alpha value is -3.78. The Morgan fingerprint density at radius 1 is 1.13 bits per heavy atom. The lowest BCUT2D eigenvalue weighted by molar-refractivity contribution is -0.296. The van der Waals surface area contributed by atoms with Crippen LogP contribution < -0.4 is 5.73 Å². The van der Waals surface area contributed by atoms with Crippen molar-refractivity contribution < 1.29 is 52.8 Å². The number of Topliss-reactive ketones (excluding diaryl/α,β-unsaturated/α-hetero) is 1. The normalized spacial score (nSPS) is 37.6. The first-order valence-electron chi connectivity index (χ1n) is 21.9. The largest absolute Gasteiger partial charge is 0.457 e. The highest BCUT2D eigenvalue weighted by Gasteiger charge is 2.56. The summed E-state index contributed by atoms with van der Waals surface area (Å²) in [5, 5.41) is 31.3. The van der Waals surface area contributed by atoms with E-state index in [4.69, 9.17) is 29.5 Å². The molecule has 0 radical (unpaired) electrons. The Labute approximate surface area is 374 Å². The van der Waals surface area contributed by atoms with Crippen LogP contribution in [0.5, 0.6) is 0 Å². The van der Waals surface area contributed by atoms with Crippen LogP contribution in [0.25, 0.3) is 10.6 Å². The number of nitrogens with zero attached hydrogens (tertiary/aromatic N) is 5. The lowest BCUT2D eigenvalue weighted by atomic mass is 9.68. The van der Waals surface area contributed by atoms with Gasteiger partial charge in [-0.1, -0.05) is 39.8 Å². The van der Waals surface area contributed by atoms with Crippen molar-refractivity contribution in [3.05, 3.63) is 29.4 Å². The number of ether oxygens (including phenoxy) is 4. The molecule has 1 amide bonds. The highest BCUT2D eigenvalue weighted by Crippen LogP contribution is 2.43. The molecule has 16 nitrogen and oxygen atoms in total. The van der Waals surface area contributed by atoms with Crippen LogP contribution in [0, 0.1) is 23.7 Å². The maximum Gasteiger partial charge on any atom is 0.351 e. The van der Waals surface area contributed by atoms with Crippen molar-refractivity contribution in [2.75, 3.05) is 26.4 Å². The lowest BCUT2D eigenvalue weighted by Crippen LogP contribution is -2.61. The van der Waals surface area contributed by atoms with E-state index in [2.05, 4.69) is 20.1 Å². The fraction of sp³-hybridized carbons (Fsp3) is 0.711. The first-order chi connectivity index (χ1) is 29.5. The monoisotopic (exact) mass is 902 g/mol. The number of cyclic esters (lactones) is 1. The van der Waals surface area contributed by atoms with Gasteiger partial charge in [-0.15, -0.1) is 11.3 Å². The third-order valence-corrected chi connectivity index (χ3v) is 14.0. The number of halogens is 1. The number of oxime groups is 1. The zero-order valence-corrected chi connectivity index (χ0v) is 39.3. The molecule has 0 aliphatic carbocycles. The number of carbonyl (C=O) groups is 3. The molecule has 4 N–H and O–H groups in total. The van der Waals surface area contributed by atoms with Gasteiger partial charge in [0.1, 0.15) is 28.6 Å². The number of aliphatic hydroxyl groups excluding tert-OH is 1. The molecule has 18 heteroatoms. The van der Waals surface area contributed by atoms with Crippen LogP contribution in [-0.2, 0) is 44.8 Å². The number of esters is 1. The van der Waals surface area contributed by atoms with Gasteiger partial charge in [0.05, 0.1) is 35.8 Å². The van der Waals surface area contributed by atoms with Gasteiger partial charge >= 0.3 is 5.97 Å². The molecular formula is C45H67FN6O10S. The van der Waals surface area contributed by atoms with E-state index in [1.807, 2.05) is 45.8 Å². The second-order valence-corrected chi connectivity index (χ2v) is 19.1. The Balaban J connectivity index is 1.66. The highest BCUT2D eigenvalue weighted by molar-refractivity contribution is 7.13. The number of fused-ring (bicyclic) bond motifs is 5. The standard InChI is InChI=1S/C45H67FN6O10S/c1-12-33-45(9,57)31-17-16-30(51-59-22-29-15-14-28(20-48-29)40-49-34(47)23-63-40)21-58-43(7,19-24(3)36(26(31)5)50-35(53)13-2)39(27(6)38(55)44(8,46)42(56)61-33)62-41-37(54)32(52(10)11)18-25(4)60-41/h14-15,20,23-27,31-33,37,39,41,54,57H,12-13,16-19,21-22,47H2,1-11H3/b50-36+,51-30+/t24-,25-,26-,27?,31-,32+,33-,37-,39-,41+,43-,44+,45+/m1/s1. The second-order valence-electron chi connectivity index (χ2n) is 18.3. The molecule has 2 aromatic heterocycles. The smallest absolute Gasteiger partial charge is 0.351 e. The first-order valence-corrected chi connectivity index (χ1v) is 22.8. The molecule has 0 spiro atoms. The van der Waals surface area contributed by atoms with Gasteiger partial charge in [-0.2, -0.15) is 0 Å². The molecule has 0 saturated carbocycles. The van der Waals surface area contributed by atoms with E-state index >= 15 is 4.39 Å². The third kappa shape index (κ3) is 11.4. The minimum absolute atomic E-state index is 0.00603. The number of nitrogen functional groups attached to an aromatic ring is 1. The number of alkyl halides is 1. The van der Waals surface area contributed by atoms with Gasteiger partial charge in [0.2, 0.25) is 5.91 Å². The van der Waals surface area contributed by atoms with Crippen LogP contribution in [-0.4, -0.2) is 128 Å². The fourth-order valence-electron chi connectivity index (χ4n) is 9.42. The number of pyridine rings is 1. The van der Waals surface area contributed by atoms with Crippen molar-refractivity contribution >= 4 is 46.2 Å². The van der Waals surface area contributed by atoms with E-state index in [9.17, 15) is 24.6 Å². The fourth-order valence-corrected chi connectivity index (χ4v) is 10.1. The van der Waals surface area contributed by atoms with Crippen molar-refractivity contribution in [3.8, 4) is 10.6 Å². The minimum atomic E-state index is -3.19. The average Bonchev–Trinajstić information content (AvgIpc) is 3.67. The molecule has 0 aromatic carbocycles. The average molecular weight is 903 g/mol. The van der Waals surface area contributed by atoms with Crippen molar-refractivity contribution in [2.45, 2.75) is 161 Å². The van der Waals surface area contributed by atoms with E-state index in [1.54, 1.807) is 38.4 Å². The number of aromatic nitrogens is 2. The van der Waals surface area contributed by atoms with Crippen molar-refractivity contribution in [1.29, 1.82) is 0 Å². The summed E-state index contributed by atoms with van der Waals surface area (Å²) in [5.41, 5.74) is 1.52. The predicted molar refractivity (Wildman–Crippen MR) is 237 cm³/mol. The number of anilines is 1. The van der Waals surface area contributed by atoms with E-state index in [-0.39, 0.29) is 57.3 Å². The Morgan fingerprint density at radius 3 is 2.44 bits per heavy atom. The van der Waals surface area contributed by atoms with E-state index in [0.29, 0.717) is 29.4 Å². The van der Waals surface area contributed by atoms with Gasteiger partial charge in [-0.3, -0.25) is 14.6 Å². The van der Waals surface area contributed by atoms with Crippen LogP contribution in [0.15, 0.2) is 33.9 Å². The molecule has 2 aromatic rings. The number of hydrogen-bond acceptors (Lipinski definition) is 16. The van der Waals surface area contributed by atoms with Crippen LogP contribution in [0.1, 0.15) is 107 Å². The molecule has 63 heavy (non-hydrogen) atoms. The molecule has 3 fully saturated rings. The zero-order chi connectivity index (χ0) is 46.6. The molecule has 13 atom stereocenters. The molecule has 3 saturated heterocycles. The Morgan fingerprint density at radius 2 is 1.84 bits per heavy atom. The summed E-state index contributed by atoms with van der Waals surface area (Å²) in [4.78, 5) is 62.9. The molecule has 350 valence electrons. The van der Waals surface area contributed by atoms with Gasteiger partial charge < -0.3 is 44.6 Å². The molecular weight excluding hydrogens is 836 g/mol. The molecule has 2 bridgehead atoms. The SMILES string of the molecule is CCC(=O)/N=C1\[C@H](C)C[C@@]2(C)OC/C(=N/OCc3ccc(-c4nc(N)cs4)cn3)CC[C@H]([C@H]1C)[C@](C)(O)[C@@H](CC)OC(=O)[C@@](C)(F)C(=O)C(C)[C@H]2O[C@@H]1O[C@H](C)C[C@H](N(C)C)[C@H]1O. The summed E-state index contributed by atoms with van der Waals surface area (Å²) in [6, 6.07) is 3.26. The topological polar surface area (TPSA) is 218 Å². The quantitative estimate of drug-likeness (QED) is 0.156. The summed E-state index contributed by atoms with van der Waals surface area (Å²) in [6.07, 6.45) is -2.71.